The first-order valence-electron chi connectivity index (χ1n) is 5.88. The Kier molecular flexibility index (Phi) is 4.99. The number of nitrogens with zero attached hydrogens (tertiary/aromatic N) is 2. The third kappa shape index (κ3) is 3.72. The van der Waals surface area contributed by atoms with Crippen LogP contribution in [0.4, 0.5) is 0 Å². The monoisotopic (exact) mass is 215 g/mol. The van der Waals surface area contributed by atoms with Crippen molar-refractivity contribution in [2.45, 2.75) is 25.8 Å². The Balaban J connectivity index is 2.41. The van der Waals surface area contributed by atoms with Crippen LogP contribution in [-0.4, -0.2) is 66.3 Å². The molecular weight excluding hydrogens is 190 g/mol. The molecule has 0 unspecified atom stereocenters. The van der Waals surface area contributed by atoms with E-state index in [1.54, 1.807) is 0 Å². The zero-order chi connectivity index (χ0) is 11.3. The number of rotatable bonds is 5. The minimum atomic E-state index is 0.215. The molecule has 1 saturated heterocycles. The summed E-state index contributed by atoms with van der Waals surface area (Å²) in [6, 6.07) is 0. The summed E-state index contributed by atoms with van der Waals surface area (Å²) in [4.78, 5) is 4.89. The van der Waals surface area contributed by atoms with Gasteiger partial charge < -0.3 is 15.7 Å². The summed E-state index contributed by atoms with van der Waals surface area (Å²) in [6.45, 7) is 10.8. The normalized spacial score (nSPS) is 23.2. The molecule has 1 rings (SSSR count). The SMILES string of the molecule is CC1(C)CN(CCCO)CCN1CCN. The molecule has 0 saturated carbocycles. The van der Waals surface area contributed by atoms with Crippen molar-refractivity contribution in [3.05, 3.63) is 0 Å². The molecule has 0 aromatic heterocycles. The average molecular weight is 215 g/mol. The molecule has 15 heavy (non-hydrogen) atoms. The van der Waals surface area contributed by atoms with Crippen molar-refractivity contribution in [3.8, 4) is 0 Å². The second kappa shape index (κ2) is 5.80. The Morgan fingerprint density at radius 3 is 2.53 bits per heavy atom. The average Bonchev–Trinajstić information content (AvgIpc) is 2.18. The molecule has 0 aromatic rings. The molecule has 0 aromatic carbocycles. The van der Waals surface area contributed by atoms with E-state index >= 15 is 0 Å². The van der Waals surface area contributed by atoms with Gasteiger partial charge in [0, 0.05) is 51.4 Å². The zero-order valence-corrected chi connectivity index (χ0v) is 10.1. The second-order valence-electron chi connectivity index (χ2n) is 4.94. The van der Waals surface area contributed by atoms with E-state index in [-0.39, 0.29) is 5.54 Å². The molecule has 0 amide bonds. The van der Waals surface area contributed by atoms with E-state index in [2.05, 4.69) is 23.6 Å². The molecule has 0 bridgehead atoms. The fraction of sp³-hybridized carbons (Fsp3) is 1.00. The third-order valence-electron chi connectivity index (χ3n) is 3.18. The van der Waals surface area contributed by atoms with Crippen LogP contribution in [0.25, 0.3) is 0 Å². The van der Waals surface area contributed by atoms with Crippen LogP contribution in [0.3, 0.4) is 0 Å². The van der Waals surface area contributed by atoms with Gasteiger partial charge in [-0.15, -0.1) is 0 Å². The number of piperazine rings is 1. The Morgan fingerprint density at radius 2 is 2.00 bits per heavy atom. The van der Waals surface area contributed by atoms with Gasteiger partial charge in [-0.2, -0.15) is 0 Å². The van der Waals surface area contributed by atoms with Gasteiger partial charge in [0.2, 0.25) is 0 Å². The van der Waals surface area contributed by atoms with E-state index in [4.69, 9.17) is 10.8 Å². The first-order valence-corrected chi connectivity index (χ1v) is 5.88. The maximum Gasteiger partial charge on any atom is 0.0443 e. The topological polar surface area (TPSA) is 52.7 Å². The lowest BCUT2D eigenvalue weighted by Gasteiger charge is -2.47. The number of nitrogens with two attached hydrogens (primary N) is 1. The number of aliphatic hydroxyl groups excluding tert-OH is 1. The summed E-state index contributed by atoms with van der Waals surface area (Å²) < 4.78 is 0. The first-order chi connectivity index (χ1) is 7.10. The fourth-order valence-electron chi connectivity index (χ4n) is 2.35. The molecule has 1 fully saturated rings. The van der Waals surface area contributed by atoms with Crippen LogP contribution in [0.1, 0.15) is 20.3 Å². The lowest BCUT2D eigenvalue weighted by atomic mass is 9.98. The van der Waals surface area contributed by atoms with Crippen LogP contribution in [0.15, 0.2) is 0 Å². The zero-order valence-electron chi connectivity index (χ0n) is 10.1. The Morgan fingerprint density at radius 1 is 1.27 bits per heavy atom. The minimum Gasteiger partial charge on any atom is -0.396 e. The molecule has 0 radical (unpaired) electrons. The van der Waals surface area contributed by atoms with Gasteiger partial charge in [-0.1, -0.05) is 0 Å². The van der Waals surface area contributed by atoms with Gasteiger partial charge in [0.05, 0.1) is 0 Å². The lowest BCUT2D eigenvalue weighted by molar-refractivity contribution is 0.0199. The lowest BCUT2D eigenvalue weighted by Crippen LogP contribution is -2.60. The van der Waals surface area contributed by atoms with Crippen molar-refractivity contribution in [2.75, 3.05) is 45.9 Å². The number of aliphatic hydroxyl groups is 1. The van der Waals surface area contributed by atoms with E-state index < -0.39 is 0 Å². The van der Waals surface area contributed by atoms with Gasteiger partial charge >= 0.3 is 0 Å². The van der Waals surface area contributed by atoms with Gasteiger partial charge in [0.15, 0.2) is 0 Å². The highest BCUT2D eigenvalue weighted by molar-refractivity contribution is 4.90. The third-order valence-corrected chi connectivity index (χ3v) is 3.18. The van der Waals surface area contributed by atoms with E-state index in [9.17, 15) is 0 Å². The predicted octanol–water partition coefficient (Wildman–Crippen LogP) is -0.276. The largest absolute Gasteiger partial charge is 0.396 e. The van der Waals surface area contributed by atoms with Crippen LogP contribution in [-0.2, 0) is 0 Å². The summed E-state index contributed by atoms with van der Waals surface area (Å²) in [5.41, 5.74) is 5.82. The molecule has 1 aliphatic rings. The van der Waals surface area contributed by atoms with Crippen molar-refractivity contribution in [2.24, 2.45) is 5.73 Å². The van der Waals surface area contributed by atoms with Crippen molar-refractivity contribution in [1.29, 1.82) is 0 Å². The summed E-state index contributed by atoms with van der Waals surface area (Å²) in [5.74, 6) is 0. The maximum atomic E-state index is 8.81. The Bertz CT molecular complexity index is 185. The molecule has 1 aliphatic heterocycles. The number of hydrogen-bond acceptors (Lipinski definition) is 4. The highest BCUT2D eigenvalue weighted by Crippen LogP contribution is 2.20. The second-order valence-corrected chi connectivity index (χ2v) is 4.94. The molecule has 90 valence electrons. The first kappa shape index (κ1) is 12.9. The Labute approximate surface area is 93.0 Å². The standard InChI is InChI=1S/C11H25N3O/c1-11(2)10-13(5-3-9-15)7-8-14(11)6-4-12/h15H,3-10,12H2,1-2H3. The smallest absolute Gasteiger partial charge is 0.0443 e. The van der Waals surface area contributed by atoms with E-state index in [0.29, 0.717) is 6.61 Å². The van der Waals surface area contributed by atoms with Gasteiger partial charge in [0.1, 0.15) is 0 Å². The van der Waals surface area contributed by atoms with E-state index in [0.717, 1.165) is 45.7 Å². The van der Waals surface area contributed by atoms with Crippen molar-refractivity contribution >= 4 is 0 Å². The molecule has 3 N–H and O–H groups in total. The molecule has 0 atom stereocenters. The van der Waals surface area contributed by atoms with E-state index in [1.165, 1.54) is 0 Å². The van der Waals surface area contributed by atoms with Gasteiger partial charge in [-0.3, -0.25) is 4.90 Å². The molecule has 4 heteroatoms. The molecule has 0 spiro atoms. The van der Waals surface area contributed by atoms with Crippen LogP contribution >= 0.6 is 0 Å². The summed E-state index contributed by atoms with van der Waals surface area (Å²) in [7, 11) is 0. The van der Waals surface area contributed by atoms with Crippen molar-refractivity contribution < 1.29 is 5.11 Å². The fourth-order valence-corrected chi connectivity index (χ4v) is 2.35. The summed E-state index contributed by atoms with van der Waals surface area (Å²) >= 11 is 0. The quantitative estimate of drug-likeness (QED) is 0.662. The van der Waals surface area contributed by atoms with Crippen LogP contribution in [0.5, 0.6) is 0 Å². The molecule has 4 nitrogen and oxygen atoms in total. The van der Waals surface area contributed by atoms with Crippen LogP contribution in [0, 0.1) is 0 Å². The summed E-state index contributed by atoms with van der Waals surface area (Å²) in [5, 5.41) is 8.81. The summed E-state index contributed by atoms with van der Waals surface area (Å²) in [6.07, 6.45) is 0.882. The highest BCUT2D eigenvalue weighted by atomic mass is 16.3. The van der Waals surface area contributed by atoms with Gasteiger partial charge in [-0.25, -0.2) is 0 Å². The molecule has 1 heterocycles. The Hall–Kier alpha value is -0.160. The minimum absolute atomic E-state index is 0.215. The predicted molar refractivity (Wildman–Crippen MR) is 62.8 cm³/mol. The van der Waals surface area contributed by atoms with Crippen molar-refractivity contribution in [3.63, 3.8) is 0 Å². The number of hydrogen-bond donors (Lipinski definition) is 2. The van der Waals surface area contributed by atoms with Crippen LogP contribution in [0.2, 0.25) is 0 Å². The van der Waals surface area contributed by atoms with Crippen molar-refractivity contribution in [1.82, 2.24) is 9.80 Å². The highest BCUT2D eigenvalue weighted by Gasteiger charge is 2.32. The molecule has 0 aliphatic carbocycles. The van der Waals surface area contributed by atoms with Gasteiger partial charge in [0.25, 0.3) is 0 Å². The van der Waals surface area contributed by atoms with Gasteiger partial charge in [-0.05, 0) is 20.3 Å². The molecular formula is C11H25N3O. The van der Waals surface area contributed by atoms with E-state index in [1.807, 2.05) is 0 Å². The van der Waals surface area contributed by atoms with Crippen LogP contribution < -0.4 is 5.73 Å². The maximum absolute atomic E-state index is 8.81.